The van der Waals surface area contributed by atoms with Gasteiger partial charge < -0.3 is 0 Å². The lowest BCUT2D eigenvalue weighted by atomic mass is 9.45. The predicted octanol–water partition coefficient (Wildman–Crippen LogP) is 15.7. The van der Waals surface area contributed by atoms with E-state index in [4.69, 9.17) is 0 Å². The summed E-state index contributed by atoms with van der Waals surface area (Å²) in [7, 11) is 0. The third-order valence-corrected chi connectivity index (χ3v) is 17.6. The molecule has 6 aliphatic carbocycles. The summed E-state index contributed by atoms with van der Waals surface area (Å²) in [6.07, 6.45) is 3.87. The second-order valence-corrected chi connectivity index (χ2v) is 21.5. The maximum absolute atomic E-state index is 9.77. The number of benzene rings is 7. The van der Waals surface area contributed by atoms with E-state index in [1.165, 1.54) is 100 Å². The second-order valence-electron chi connectivity index (χ2n) is 21.5. The molecule has 13 rings (SSSR count). The van der Waals surface area contributed by atoms with Crippen LogP contribution in [0.25, 0.3) is 0 Å². The van der Waals surface area contributed by atoms with Crippen molar-refractivity contribution in [2.24, 2.45) is 0 Å². The third-order valence-electron chi connectivity index (χ3n) is 17.6. The average Bonchev–Trinajstić information content (AvgIpc) is 3.33. The van der Waals surface area contributed by atoms with Crippen LogP contribution in [-0.2, 0) is 21.7 Å². The molecule has 0 amide bonds. The summed E-state index contributed by atoms with van der Waals surface area (Å²) in [5.74, 6) is 14.6. The molecule has 68 heavy (non-hydrogen) atoms. The minimum Gasteiger partial charge on any atom is -0.0764 e. The highest BCUT2D eigenvalue weighted by Crippen LogP contribution is 2.66. The zero-order chi connectivity index (χ0) is 51.5. The zero-order valence-electron chi connectivity index (χ0n) is 46.8. The highest BCUT2D eigenvalue weighted by molar-refractivity contribution is 5.83. The summed E-state index contributed by atoms with van der Waals surface area (Å²) in [5, 5.41) is 0. The van der Waals surface area contributed by atoms with Crippen molar-refractivity contribution < 1.29 is 5.48 Å². The van der Waals surface area contributed by atoms with Crippen LogP contribution in [0, 0.1) is 107 Å². The van der Waals surface area contributed by atoms with Crippen molar-refractivity contribution in [2.75, 3.05) is 0 Å². The Labute approximate surface area is 413 Å². The Balaban J connectivity index is 1.18. The summed E-state index contributed by atoms with van der Waals surface area (Å²) >= 11 is 0. The molecule has 0 unspecified atom stereocenters. The fourth-order valence-electron chi connectivity index (χ4n) is 13.3. The molecule has 0 aliphatic heterocycles. The van der Waals surface area contributed by atoms with Gasteiger partial charge in [0.2, 0.25) is 0 Å². The maximum Gasteiger partial charge on any atom is 0.107 e. The normalized spacial score (nSPS) is 22.4. The van der Waals surface area contributed by atoms with Crippen LogP contribution in [0.5, 0.6) is 0 Å². The Kier molecular flexibility index (Phi) is 8.79. The maximum atomic E-state index is 9.77. The first-order valence-electron chi connectivity index (χ1n) is 27.0. The fraction of sp³-hybridized carbons (Fsp3) is 0.324. The summed E-state index contributed by atoms with van der Waals surface area (Å²) in [4.78, 5) is 0. The van der Waals surface area contributed by atoms with Gasteiger partial charge in [0.1, 0.15) is 10.8 Å². The van der Waals surface area contributed by atoms with E-state index in [0.717, 1.165) is 59.1 Å². The van der Waals surface area contributed by atoms with E-state index in [0.29, 0.717) is 0 Å². The van der Waals surface area contributed by atoms with Crippen molar-refractivity contribution in [3.05, 3.63) is 242 Å². The molecule has 4 bridgehead atoms. The lowest BCUT2D eigenvalue weighted by Crippen LogP contribution is -2.50. The third kappa shape index (κ3) is 5.59. The molecule has 0 heterocycles. The molecule has 0 saturated carbocycles. The Morgan fingerprint density at radius 3 is 0.662 bits per heavy atom. The van der Waals surface area contributed by atoms with Gasteiger partial charge in [-0.3, -0.25) is 0 Å². The van der Waals surface area contributed by atoms with Crippen molar-refractivity contribution >= 4 is 0 Å². The number of hydrogen-bond donors (Lipinski definition) is 0. The lowest BCUT2D eigenvalue weighted by Gasteiger charge is -2.55. The molecule has 0 atom stereocenters. The fourth-order valence-corrected chi connectivity index (χ4v) is 13.3. The molecule has 0 radical (unpaired) electrons. The van der Waals surface area contributed by atoms with E-state index in [2.05, 4.69) is 193 Å². The highest BCUT2D eigenvalue weighted by Gasteiger charge is 2.60. The lowest BCUT2D eigenvalue weighted by molar-refractivity contribution is 0.472. The topological polar surface area (TPSA) is 0 Å². The van der Waals surface area contributed by atoms with E-state index < -0.39 is 10.8 Å². The van der Waals surface area contributed by atoms with E-state index in [-0.39, 0.29) is 46.1 Å². The molecule has 0 aromatic heterocycles. The molecule has 0 N–H and O–H groups in total. The molecule has 0 nitrogen and oxygen atoms in total. The van der Waals surface area contributed by atoms with Crippen LogP contribution >= 0.6 is 0 Å². The molecule has 0 spiro atoms. The first-order chi connectivity index (χ1) is 34.1. The molecule has 6 aliphatic rings. The van der Waals surface area contributed by atoms with Crippen LogP contribution in [-0.4, -0.2) is 0 Å². The molecule has 0 fully saturated rings. The SMILES string of the molecule is [2H]c1c([2H])c(C#CC23c4cc(C)c(C)cc4C(CCC)(c4cc(C)c(C)cc42)c2cc(C)c(C)cc23)c([2H])c([2H])c1C#CC12c3cc(C)c(C)cc3C(CCC)(c3cc(C)c(C)cc31)c1cc(C)c(C)cc12. The molecular weight excluding hydrogens is 817 g/mol. The van der Waals surface area contributed by atoms with Gasteiger partial charge in [-0.15, -0.1) is 0 Å². The first kappa shape index (κ1) is 39.6. The summed E-state index contributed by atoms with van der Waals surface area (Å²) in [6, 6.07) is 27.8. The monoisotopic (exact) mass is 887 g/mol. The van der Waals surface area contributed by atoms with Gasteiger partial charge in [0.05, 0.1) is 5.48 Å². The molecule has 7 aromatic carbocycles. The van der Waals surface area contributed by atoms with Gasteiger partial charge in [0, 0.05) is 22.0 Å². The Morgan fingerprint density at radius 2 is 0.485 bits per heavy atom. The molecule has 0 heteroatoms. The smallest absolute Gasteiger partial charge is 0.0764 e. The Hall–Kier alpha value is -6.34. The molecule has 338 valence electrons. The van der Waals surface area contributed by atoms with Gasteiger partial charge in [-0.05, 0) is 254 Å². The van der Waals surface area contributed by atoms with E-state index >= 15 is 0 Å². The first-order valence-corrected chi connectivity index (χ1v) is 25.0. The van der Waals surface area contributed by atoms with Crippen molar-refractivity contribution in [3.63, 3.8) is 0 Å². The zero-order valence-corrected chi connectivity index (χ0v) is 42.8. The summed E-state index contributed by atoms with van der Waals surface area (Å²) < 4.78 is 39.1. The van der Waals surface area contributed by atoms with E-state index in [9.17, 15) is 5.48 Å². The largest absolute Gasteiger partial charge is 0.107 e. The van der Waals surface area contributed by atoms with Crippen molar-refractivity contribution in [3.8, 4) is 23.7 Å². The van der Waals surface area contributed by atoms with Crippen LogP contribution in [0.4, 0.5) is 0 Å². The minimum absolute atomic E-state index is 0.0872. The van der Waals surface area contributed by atoms with E-state index in [1.807, 2.05) is 0 Å². The van der Waals surface area contributed by atoms with Crippen molar-refractivity contribution in [1.29, 1.82) is 0 Å². The van der Waals surface area contributed by atoms with Gasteiger partial charge in [-0.2, -0.15) is 0 Å². The van der Waals surface area contributed by atoms with Crippen LogP contribution < -0.4 is 0 Å². The van der Waals surface area contributed by atoms with Gasteiger partial charge in [0.25, 0.3) is 0 Å². The summed E-state index contributed by atoms with van der Waals surface area (Å²) in [6.45, 7) is 30.9. The Bertz CT molecular complexity index is 3190. The minimum atomic E-state index is -0.932. The summed E-state index contributed by atoms with van der Waals surface area (Å²) in [5.41, 5.74) is 26.7. The standard InChI is InChI=1S/C68H66/c1-15-23-65-53-27-39(3)45(9)33-59(53)67(60-34-46(10)40(4)28-54(60)65,61-35-47(11)41(5)29-55(61)65)25-21-51-17-19-52(20-18-51)22-26-68-62-36-48(12)42(6)30-56(62)66(24-16-2,57-31-43(7)49(13)37-63(57)68)58-32-44(8)50(14)38-64(58)68/h17-20,27-38H,15-16,23-24H2,1-14H3/i17D,18D,19D,20D. The van der Waals surface area contributed by atoms with Crippen LogP contribution in [0.3, 0.4) is 0 Å². The van der Waals surface area contributed by atoms with Gasteiger partial charge >= 0.3 is 0 Å². The van der Waals surface area contributed by atoms with Crippen LogP contribution in [0.1, 0.15) is 190 Å². The molecule has 0 saturated heterocycles. The second kappa shape index (κ2) is 15.1. The predicted molar refractivity (Wildman–Crippen MR) is 285 cm³/mol. The van der Waals surface area contributed by atoms with E-state index in [1.54, 1.807) is 0 Å². The molecule has 7 aromatic rings. The number of aryl methyl sites for hydroxylation is 12. The quantitative estimate of drug-likeness (QED) is 0.155. The van der Waals surface area contributed by atoms with Crippen LogP contribution in [0.2, 0.25) is 0 Å². The number of rotatable bonds is 4. The van der Waals surface area contributed by atoms with Gasteiger partial charge in [-0.1, -0.05) is 123 Å². The van der Waals surface area contributed by atoms with Gasteiger partial charge in [-0.25, -0.2) is 0 Å². The highest BCUT2D eigenvalue weighted by atomic mass is 14.6. The van der Waals surface area contributed by atoms with Crippen molar-refractivity contribution in [2.45, 2.75) is 144 Å². The van der Waals surface area contributed by atoms with Gasteiger partial charge in [0.15, 0.2) is 0 Å². The Morgan fingerprint density at radius 1 is 0.309 bits per heavy atom. The van der Waals surface area contributed by atoms with Crippen LogP contribution in [0.15, 0.2) is 97.0 Å². The average molecular weight is 887 g/mol. The molecular formula is C68H66. The number of hydrogen-bond acceptors (Lipinski definition) is 0. The van der Waals surface area contributed by atoms with Crippen molar-refractivity contribution in [1.82, 2.24) is 0 Å².